The molecule has 1 aromatic carbocycles. The van der Waals surface area contributed by atoms with Gasteiger partial charge in [-0.1, -0.05) is 22.0 Å². The van der Waals surface area contributed by atoms with Gasteiger partial charge in [0.1, 0.15) is 11.4 Å². The predicted molar refractivity (Wildman–Crippen MR) is 76.3 cm³/mol. The molecule has 2 aliphatic heterocycles. The van der Waals surface area contributed by atoms with Crippen LogP contribution in [0.15, 0.2) is 22.7 Å². The molecule has 0 aromatic heterocycles. The number of aliphatic hydroxyl groups excluding tert-OH is 1. The van der Waals surface area contributed by atoms with Crippen LogP contribution in [0.5, 0.6) is 5.75 Å². The van der Waals surface area contributed by atoms with E-state index in [0.29, 0.717) is 6.42 Å². The minimum absolute atomic E-state index is 0.171. The maximum absolute atomic E-state index is 10.4. The van der Waals surface area contributed by atoms with Gasteiger partial charge in [-0.05, 0) is 26.0 Å². The Labute approximate surface area is 122 Å². The van der Waals surface area contributed by atoms with Crippen molar-refractivity contribution < 1.29 is 14.6 Å². The topological polar surface area (TPSA) is 38.7 Å². The second kappa shape index (κ2) is 4.76. The largest absolute Gasteiger partial charge is 0.487 e. The van der Waals surface area contributed by atoms with E-state index in [1.54, 1.807) is 0 Å². The smallest absolute Gasteiger partial charge is 0.127 e. The summed E-state index contributed by atoms with van der Waals surface area (Å²) in [5.41, 5.74) is 0.602. The van der Waals surface area contributed by atoms with Gasteiger partial charge >= 0.3 is 0 Å². The van der Waals surface area contributed by atoms with Crippen LogP contribution >= 0.6 is 15.9 Å². The number of aliphatic hydroxyl groups is 1. The van der Waals surface area contributed by atoms with Gasteiger partial charge in [-0.2, -0.15) is 0 Å². The molecule has 1 N–H and O–H groups in total. The van der Waals surface area contributed by atoms with Crippen LogP contribution in [0.1, 0.15) is 44.8 Å². The third kappa shape index (κ3) is 2.54. The fourth-order valence-electron chi connectivity index (χ4n) is 3.48. The summed E-state index contributed by atoms with van der Waals surface area (Å²) < 4.78 is 13.0. The van der Waals surface area contributed by atoms with Gasteiger partial charge in [0.05, 0.1) is 18.3 Å². The minimum atomic E-state index is -0.450. The van der Waals surface area contributed by atoms with E-state index in [4.69, 9.17) is 9.47 Å². The Balaban J connectivity index is 1.95. The van der Waals surface area contributed by atoms with Gasteiger partial charge in [0.15, 0.2) is 0 Å². The molecule has 1 spiro atoms. The molecule has 1 saturated heterocycles. The van der Waals surface area contributed by atoms with E-state index in [0.717, 1.165) is 28.6 Å². The molecular weight excluding hydrogens is 308 g/mol. The fraction of sp³-hybridized carbons (Fsp3) is 0.600. The molecule has 2 aliphatic rings. The zero-order valence-corrected chi connectivity index (χ0v) is 12.8. The van der Waals surface area contributed by atoms with Gasteiger partial charge in [0, 0.05) is 29.3 Å². The molecule has 1 fully saturated rings. The highest BCUT2D eigenvalue weighted by Crippen LogP contribution is 2.46. The van der Waals surface area contributed by atoms with Crippen LogP contribution in [0.4, 0.5) is 0 Å². The zero-order valence-electron chi connectivity index (χ0n) is 11.2. The number of fused-ring (bicyclic) bond motifs is 1. The van der Waals surface area contributed by atoms with E-state index < -0.39 is 6.10 Å². The molecular formula is C15H19BrO3. The number of rotatable bonds is 0. The third-order valence-electron chi connectivity index (χ3n) is 4.01. The van der Waals surface area contributed by atoms with E-state index in [1.165, 1.54) is 0 Å². The van der Waals surface area contributed by atoms with Crippen molar-refractivity contribution in [2.24, 2.45) is 0 Å². The molecule has 3 unspecified atom stereocenters. The van der Waals surface area contributed by atoms with Gasteiger partial charge < -0.3 is 14.6 Å². The second-order valence-corrected chi connectivity index (χ2v) is 6.77. The molecule has 3 rings (SSSR count). The summed E-state index contributed by atoms with van der Waals surface area (Å²) in [6, 6.07) is 5.83. The normalized spacial score (nSPS) is 37.8. The van der Waals surface area contributed by atoms with E-state index >= 15 is 0 Å². The lowest BCUT2D eigenvalue weighted by atomic mass is 9.79. The van der Waals surface area contributed by atoms with Crippen LogP contribution in [0.2, 0.25) is 0 Å². The molecule has 0 saturated carbocycles. The highest BCUT2D eigenvalue weighted by atomic mass is 79.9. The average Bonchev–Trinajstić information content (AvgIpc) is 2.25. The summed E-state index contributed by atoms with van der Waals surface area (Å²) in [5.74, 6) is 0.800. The fourth-order valence-corrected chi connectivity index (χ4v) is 3.82. The van der Waals surface area contributed by atoms with Crippen LogP contribution in [0.3, 0.4) is 0 Å². The van der Waals surface area contributed by atoms with Crippen molar-refractivity contribution in [1.82, 2.24) is 0 Å². The molecule has 0 bridgehead atoms. The summed E-state index contributed by atoms with van der Waals surface area (Å²) in [7, 11) is 0. The molecule has 0 amide bonds. The minimum Gasteiger partial charge on any atom is -0.487 e. The molecule has 3 nitrogen and oxygen atoms in total. The third-order valence-corrected chi connectivity index (χ3v) is 4.50. The molecule has 1 aromatic rings. The van der Waals surface area contributed by atoms with Crippen LogP contribution in [0.25, 0.3) is 0 Å². The Morgan fingerprint density at radius 2 is 1.89 bits per heavy atom. The first-order valence-electron chi connectivity index (χ1n) is 6.79. The molecule has 0 aliphatic carbocycles. The lowest BCUT2D eigenvalue weighted by Gasteiger charge is -2.46. The Bertz CT molecular complexity index is 478. The van der Waals surface area contributed by atoms with Crippen LogP contribution in [-0.4, -0.2) is 22.9 Å². The zero-order chi connectivity index (χ0) is 13.6. The summed E-state index contributed by atoms with van der Waals surface area (Å²) >= 11 is 3.46. The Hall–Kier alpha value is -0.580. The standard InChI is InChI=1S/C15H19BrO3/c1-9-6-15(7-10(2)18-9)8-13(17)12-4-3-11(16)5-14(12)19-15/h3-5,9-10,13,17H,6-8H2,1-2H3. The van der Waals surface area contributed by atoms with Crippen LogP contribution in [-0.2, 0) is 4.74 Å². The lowest BCUT2D eigenvalue weighted by Crippen LogP contribution is -2.50. The summed E-state index contributed by atoms with van der Waals surface area (Å²) in [4.78, 5) is 0. The molecule has 2 heterocycles. The maximum Gasteiger partial charge on any atom is 0.127 e. The van der Waals surface area contributed by atoms with Crippen molar-refractivity contribution in [2.45, 2.75) is 57.0 Å². The van der Waals surface area contributed by atoms with Gasteiger partial charge in [-0.3, -0.25) is 0 Å². The van der Waals surface area contributed by atoms with Gasteiger partial charge in [-0.25, -0.2) is 0 Å². The number of halogens is 1. The van der Waals surface area contributed by atoms with Crippen molar-refractivity contribution in [1.29, 1.82) is 0 Å². The van der Waals surface area contributed by atoms with Crippen molar-refractivity contribution in [3.8, 4) is 5.75 Å². The van der Waals surface area contributed by atoms with Crippen molar-refractivity contribution >= 4 is 15.9 Å². The van der Waals surface area contributed by atoms with Crippen molar-refractivity contribution in [3.05, 3.63) is 28.2 Å². The van der Waals surface area contributed by atoms with Gasteiger partial charge in [-0.15, -0.1) is 0 Å². The second-order valence-electron chi connectivity index (χ2n) is 5.85. The first-order chi connectivity index (χ1) is 8.97. The van der Waals surface area contributed by atoms with E-state index in [1.807, 2.05) is 18.2 Å². The lowest BCUT2D eigenvalue weighted by molar-refractivity contribution is -0.140. The number of benzene rings is 1. The predicted octanol–water partition coefficient (Wildman–Crippen LogP) is 3.59. The maximum atomic E-state index is 10.4. The van der Waals surface area contributed by atoms with Gasteiger partial charge in [0.2, 0.25) is 0 Å². The Morgan fingerprint density at radius 1 is 1.21 bits per heavy atom. The summed E-state index contributed by atoms with van der Waals surface area (Å²) in [6.45, 7) is 4.15. The van der Waals surface area contributed by atoms with Gasteiger partial charge in [0.25, 0.3) is 0 Å². The summed E-state index contributed by atoms with van der Waals surface area (Å²) in [6.07, 6.45) is 2.21. The highest BCUT2D eigenvalue weighted by Gasteiger charge is 2.45. The Morgan fingerprint density at radius 3 is 2.58 bits per heavy atom. The molecule has 19 heavy (non-hydrogen) atoms. The first kappa shape index (κ1) is 13.4. The molecule has 104 valence electrons. The first-order valence-corrected chi connectivity index (χ1v) is 7.59. The van der Waals surface area contributed by atoms with Crippen molar-refractivity contribution in [3.63, 3.8) is 0 Å². The monoisotopic (exact) mass is 326 g/mol. The summed E-state index contributed by atoms with van der Waals surface area (Å²) in [5, 5.41) is 10.4. The number of hydrogen-bond donors (Lipinski definition) is 1. The molecule has 0 radical (unpaired) electrons. The SMILES string of the molecule is CC1CC2(CC(C)O1)CC(O)c1ccc(Br)cc1O2. The van der Waals surface area contributed by atoms with Crippen molar-refractivity contribution in [2.75, 3.05) is 0 Å². The molecule has 3 atom stereocenters. The quantitative estimate of drug-likeness (QED) is 0.791. The Kier molecular flexibility index (Phi) is 3.36. The highest BCUT2D eigenvalue weighted by molar-refractivity contribution is 9.10. The number of hydrogen-bond acceptors (Lipinski definition) is 3. The van der Waals surface area contributed by atoms with E-state index in [9.17, 15) is 5.11 Å². The van der Waals surface area contributed by atoms with Crippen LogP contribution < -0.4 is 4.74 Å². The van der Waals surface area contributed by atoms with Crippen LogP contribution in [0, 0.1) is 0 Å². The molecule has 4 heteroatoms. The van der Waals surface area contributed by atoms with E-state index in [2.05, 4.69) is 29.8 Å². The number of ether oxygens (including phenoxy) is 2. The van der Waals surface area contributed by atoms with E-state index in [-0.39, 0.29) is 17.8 Å². The average molecular weight is 327 g/mol.